The molecular formula is C12H17O2P. The molecule has 1 aliphatic rings. The summed E-state index contributed by atoms with van der Waals surface area (Å²) in [5, 5.41) is 0. The van der Waals surface area contributed by atoms with Gasteiger partial charge in [-0.3, -0.25) is 4.57 Å². The van der Waals surface area contributed by atoms with Crippen LogP contribution in [0.15, 0.2) is 30.3 Å². The quantitative estimate of drug-likeness (QED) is 0.784. The van der Waals surface area contributed by atoms with Gasteiger partial charge in [-0.25, -0.2) is 0 Å². The fourth-order valence-electron chi connectivity index (χ4n) is 2.18. The van der Waals surface area contributed by atoms with E-state index >= 15 is 0 Å². The van der Waals surface area contributed by atoms with Crippen molar-refractivity contribution in [3.05, 3.63) is 35.9 Å². The maximum absolute atomic E-state index is 11.4. The highest BCUT2D eigenvalue weighted by Crippen LogP contribution is 2.47. The van der Waals surface area contributed by atoms with E-state index in [-0.39, 0.29) is 0 Å². The van der Waals surface area contributed by atoms with E-state index in [9.17, 15) is 9.46 Å². The fraction of sp³-hybridized carbons (Fsp3) is 0.500. The minimum atomic E-state index is -2.73. The van der Waals surface area contributed by atoms with Crippen LogP contribution in [0.4, 0.5) is 0 Å². The second-order valence-corrected chi connectivity index (χ2v) is 7.01. The summed E-state index contributed by atoms with van der Waals surface area (Å²) in [5.74, 6) is 0.599. The van der Waals surface area contributed by atoms with E-state index in [1.165, 1.54) is 5.56 Å². The predicted octanol–water partition coefficient (Wildman–Crippen LogP) is 2.91. The van der Waals surface area contributed by atoms with Crippen LogP contribution in [0.2, 0.25) is 0 Å². The molecule has 3 heteroatoms. The molecule has 1 aromatic carbocycles. The summed E-state index contributed by atoms with van der Waals surface area (Å²) in [6, 6.07) is 10.4. The molecule has 0 amide bonds. The third-order valence-electron chi connectivity index (χ3n) is 3.14. The number of rotatable bonds is 2. The molecule has 0 bridgehead atoms. The van der Waals surface area contributed by atoms with E-state index in [2.05, 4.69) is 24.3 Å². The molecule has 0 spiro atoms. The minimum Gasteiger partial charge on any atom is -0.344 e. The van der Waals surface area contributed by atoms with Crippen LogP contribution in [0.1, 0.15) is 18.4 Å². The summed E-state index contributed by atoms with van der Waals surface area (Å²) in [6.07, 6.45) is 3.90. The van der Waals surface area contributed by atoms with Crippen LogP contribution in [0.5, 0.6) is 0 Å². The van der Waals surface area contributed by atoms with Gasteiger partial charge in [-0.15, -0.1) is 0 Å². The predicted molar refractivity (Wildman–Crippen MR) is 62.4 cm³/mol. The van der Waals surface area contributed by atoms with Gasteiger partial charge < -0.3 is 4.89 Å². The van der Waals surface area contributed by atoms with Gasteiger partial charge >= 0.3 is 0 Å². The van der Waals surface area contributed by atoms with E-state index in [1.54, 1.807) is 0 Å². The second kappa shape index (κ2) is 4.51. The summed E-state index contributed by atoms with van der Waals surface area (Å²) in [7, 11) is -2.73. The standard InChI is InChI=1S/C12H17O2P/c13-15(14)8-6-12(7-9-15)10-11-4-2-1-3-5-11/h1-5,12H,6-10H2,(H,13,14). The molecule has 15 heavy (non-hydrogen) atoms. The Hall–Kier alpha value is -0.590. The lowest BCUT2D eigenvalue weighted by Gasteiger charge is -2.25. The van der Waals surface area contributed by atoms with Gasteiger partial charge in [0.05, 0.1) is 0 Å². The van der Waals surface area contributed by atoms with Crippen molar-refractivity contribution in [2.75, 3.05) is 12.3 Å². The third-order valence-corrected chi connectivity index (χ3v) is 5.05. The molecule has 0 aliphatic carbocycles. The summed E-state index contributed by atoms with van der Waals surface area (Å²) < 4.78 is 11.4. The van der Waals surface area contributed by atoms with Crippen LogP contribution in [0, 0.1) is 5.92 Å². The zero-order valence-corrected chi connectivity index (χ0v) is 9.70. The van der Waals surface area contributed by atoms with Crippen LogP contribution >= 0.6 is 7.37 Å². The first kappa shape index (κ1) is 10.9. The lowest BCUT2D eigenvalue weighted by molar-refractivity contribution is 0.414. The summed E-state index contributed by atoms with van der Waals surface area (Å²) in [5.41, 5.74) is 1.34. The Morgan fingerprint density at radius 1 is 1.20 bits per heavy atom. The molecule has 1 saturated heterocycles. The highest BCUT2D eigenvalue weighted by Gasteiger charge is 2.27. The van der Waals surface area contributed by atoms with Crippen molar-refractivity contribution >= 4 is 7.37 Å². The lowest BCUT2D eigenvalue weighted by Crippen LogP contribution is -2.15. The van der Waals surface area contributed by atoms with Gasteiger partial charge in [0, 0.05) is 12.3 Å². The molecule has 82 valence electrons. The molecule has 2 rings (SSSR count). The van der Waals surface area contributed by atoms with E-state index in [0.717, 1.165) is 19.3 Å². The summed E-state index contributed by atoms with van der Waals surface area (Å²) >= 11 is 0. The monoisotopic (exact) mass is 224 g/mol. The Morgan fingerprint density at radius 2 is 1.80 bits per heavy atom. The summed E-state index contributed by atoms with van der Waals surface area (Å²) in [6.45, 7) is 0. The highest BCUT2D eigenvalue weighted by molar-refractivity contribution is 7.58. The average Bonchev–Trinajstić information content (AvgIpc) is 2.23. The Labute approximate surface area is 90.8 Å². The smallest absolute Gasteiger partial charge is 0.200 e. The molecule has 0 saturated carbocycles. The first-order valence-electron chi connectivity index (χ1n) is 5.50. The molecule has 0 radical (unpaired) electrons. The first-order valence-corrected chi connectivity index (χ1v) is 7.53. The van der Waals surface area contributed by atoms with Gasteiger partial charge in [-0.2, -0.15) is 0 Å². The zero-order chi connectivity index (χ0) is 10.7. The zero-order valence-electron chi connectivity index (χ0n) is 8.80. The van der Waals surface area contributed by atoms with E-state index < -0.39 is 7.37 Å². The molecule has 1 N–H and O–H groups in total. The van der Waals surface area contributed by atoms with Gasteiger partial charge in [0.15, 0.2) is 0 Å². The molecule has 0 unspecified atom stereocenters. The normalized spacial score (nSPS) is 31.4. The van der Waals surface area contributed by atoms with E-state index in [4.69, 9.17) is 0 Å². The first-order chi connectivity index (χ1) is 7.16. The number of benzene rings is 1. The number of hydrogen-bond acceptors (Lipinski definition) is 1. The molecule has 1 heterocycles. The Morgan fingerprint density at radius 3 is 2.40 bits per heavy atom. The van der Waals surface area contributed by atoms with Gasteiger partial charge in [-0.1, -0.05) is 30.3 Å². The maximum Gasteiger partial charge on any atom is 0.200 e. The van der Waals surface area contributed by atoms with Crippen LogP contribution in [0.25, 0.3) is 0 Å². The topological polar surface area (TPSA) is 37.3 Å². The van der Waals surface area contributed by atoms with Gasteiger partial charge in [0.2, 0.25) is 7.37 Å². The van der Waals surface area contributed by atoms with E-state index in [0.29, 0.717) is 18.2 Å². The number of hydrogen-bond donors (Lipinski definition) is 1. The lowest BCUT2D eigenvalue weighted by atomic mass is 9.94. The molecule has 1 aromatic rings. The molecule has 2 nitrogen and oxygen atoms in total. The summed E-state index contributed by atoms with van der Waals surface area (Å²) in [4.78, 5) is 9.41. The average molecular weight is 224 g/mol. The molecule has 1 fully saturated rings. The Kier molecular flexibility index (Phi) is 3.28. The van der Waals surface area contributed by atoms with Crippen LogP contribution in [-0.4, -0.2) is 17.2 Å². The van der Waals surface area contributed by atoms with Crippen LogP contribution in [-0.2, 0) is 11.0 Å². The molecule has 1 aliphatic heterocycles. The van der Waals surface area contributed by atoms with Crippen molar-refractivity contribution in [1.29, 1.82) is 0 Å². The fourth-order valence-corrected chi connectivity index (χ4v) is 3.94. The third kappa shape index (κ3) is 3.19. The van der Waals surface area contributed by atoms with Crippen molar-refractivity contribution in [3.8, 4) is 0 Å². The second-order valence-electron chi connectivity index (χ2n) is 4.43. The van der Waals surface area contributed by atoms with Crippen LogP contribution in [0.3, 0.4) is 0 Å². The van der Waals surface area contributed by atoms with E-state index in [1.807, 2.05) is 6.07 Å². The van der Waals surface area contributed by atoms with Crippen molar-refractivity contribution in [1.82, 2.24) is 0 Å². The van der Waals surface area contributed by atoms with Gasteiger partial charge in [-0.05, 0) is 30.7 Å². The van der Waals surface area contributed by atoms with Crippen molar-refractivity contribution in [2.24, 2.45) is 5.92 Å². The van der Waals surface area contributed by atoms with Crippen molar-refractivity contribution in [3.63, 3.8) is 0 Å². The van der Waals surface area contributed by atoms with Crippen LogP contribution < -0.4 is 0 Å². The molecule has 0 atom stereocenters. The largest absolute Gasteiger partial charge is 0.344 e. The van der Waals surface area contributed by atoms with Crippen molar-refractivity contribution in [2.45, 2.75) is 19.3 Å². The van der Waals surface area contributed by atoms with Gasteiger partial charge in [0.1, 0.15) is 0 Å². The SMILES string of the molecule is O=P1(O)CCC(Cc2ccccc2)CC1. The highest BCUT2D eigenvalue weighted by atomic mass is 31.2. The minimum absolute atomic E-state index is 0.518. The maximum atomic E-state index is 11.4. The molecular weight excluding hydrogens is 207 g/mol. The molecule has 0 aromatic heterocycles. The van der Waals surface area contributed by atoms with Crippen molar-refractivity contribution < 1.29 is 9.46 Å². The van der Waals surface area contributed by atoms with Gasteiger partial charge in [0.25, 0.3) is 0 Å². The Bertz CT molecular complexity index is 349. The Balaban J connectivity index is 1.90.